The summed E-state index contributed by atoms with van der Waals surface area (Å²) in [7, 11) is 0. The van der Waals surface area contributed by atoms with Crippen molar-refractivity contribution in [2.24, 2.45) is 11.8 Å². The summed E-state index contributed by atoms with van der Waals surface area (Å²) in [4.78, 5) is 4.64. The maximum absolute atomic E-state index is 5.86. The first-order valence-electron chi connectivity index (χ1n) is 15.0. The van der Waals surface area contributed by atoms with Crippen molar-refractivity contribution in [1.29, 1.82) is 0 Å². The Morgan fingerprint density at radius 3 is 1.94 bits per heavy atom. The van der Waals surface area contributed by atoms with Gasteiger partial charge in [0.1, 0.15) is 5.75 Å². The molecule has 0 N–H and O–H groups in total. The highest BCUT2D eigenvalue weighted by Gasteiger charge is 2.20. The van der Waals surface area contributed by atoms with E-state index in [2.05, 4.69) is 55.2 Å². The fraction of sp³-hybridized carbons (Fsp3) is 0.667. The van der Waals surface area contributed by atoms with Gasteiger partial charge in [-0.25, -0.2) is 0 Å². The van der Waals surface area contributed by atoms with Crippen LogP contribution in [-0.4, -0.2) is 11.6 Å². The number of hydrogen-bond donors (Lipinski definition) is 0. The number of pyridine rings is 1. The van der Waals surface area contributed by atoms with Crippen LogP contribution >= 0.6 is 0 Å². The third kappa shape index (κ3) is 10.8. The van der Waals surface area contributed by atoms with E-state index in [0.717, 1.165) is 36.3 Å². The van der Waals surface area contributed by atoms with E-state index >= 15 is 0 Å². The van der Waals surface area contributed by atoms with E-state index in [0.29, 0.717) is 0 Å². The average molecular weight is 478 g/mol. The molecule has 1 aliphatic rings. The van der Waals surface area contributed by atoms with Gasteiger partial charge in [0.05, 0.1) is 18.5 Å². The first-order valence-corrected chi connectivity index (χ1v) is 15.0. The molecule has 0 spiro atoms. The third-order valence-electron chi connectivity index (χ3n) is 8.03. The molecular weight excluding hydrogens is 426 g/mol. The summed E-state index contributed by atoms with van der Waals surface area (Å²) in [5, 5.41) is 0. The zero-order valence-electron chi connectivity index (χ0n) is 22.8. The molecule has 0 unspecified atom stereocenters. The van der Waals surface area contributed by atoms with Crippen molar-refractivity contribution in [3.05, 3.63) is 48.2 Å². The molecule has 194 valence electrons. The topological polar surface area (TPSA) is 22.1 Å². The van der Waals surface area contributed by atoms with Crippen LogP contribution in [0.1, 0.15) is 122 Å². The van der Waals surface area contributed by atoms with Crippen LogP contribution in [0, 0.1) is 11.8 Å². The smallest absolute Gasteiger partial charge is 0.137 e. The molecule has 1 saturated carbocycles. The minimum absolute atomic E-state index is 0.792. The minimum Gasteiger partial charge on any atom is -0.492 e. The second-order valence-corrected chi connectivity index (χ2v) is 11.0. The number of rotatable bonds is 17. The zero-order valence-corrected chi connectivity index (χ0v) is 22.8. The summed E-state index contributed by atoms with van der Waals surface area (Å²) >= 11 is 0. The van der Waals surface area contributed by atoms with Gasteiger partial charge in [-0.3, -0.25) is 4.98 Å². The Morgan fingerprint density at radius 2 is 1.31 bits per heavy atom. The summed E-state index contributed by atoms with van der Waals surface area (Å²) in [6, 6.07) is 13.2. The van der Waals surface area contributed by atoms with Gasteiger partial charge in [0.25, 0.3) is 0 Å². The van der Waals surface area contributed by atoms with Gasteiger partial charge in [-0.1, -0.05) is 128 Å². The van der Waals surface area contributed by atoms with Crippen LogP contribution in [0.15, 0.2) is 42.6 Å². The van der Waals surface area contributed by atoms with Crippen molar-refractivity contribution in [3.63, 3.8) is 0 Å². The molecule has 1 fully saturated rings. The van der Waals surface area contributed by atoms with Gasteiger partial charge in [0.15, 0.2) is 0 Å². The van der Waals surface area contributed by atoms with Crippen LogP contribution in [0.4, 0.5) is 0 Å². The second-order valence-electron chi connectivity index (χ2n) is 11.0. The minimum atomic E-state index is 0.792. The maximum atomic E-state index is 5.86. The Bertz CT molecular complexity index is 774. The molecule has 1 aliphatic carbocycles. The van der Waals surface area contributed by atoms with Gasteiger partial charge >= 0.3 is 0 Å². The van der Waals surface area contributed by atoms with E-state index in [4.69, 9.17) is 4.74 Å². The van der Waals surface area contributed by atoms with Crippen molar-refractivity contribution >= 4 is 0 Å². The highest BCUT2D eigenvalue weighted by Crippen LogP contribution is 2.34. The highest BCUT2D eigenvalue weighted by atomic mass is 16.5. The van der Waals surface area contributed by atoms with Crippen molar-refractivity contribution in [3.8, 4) is 17.0 Å². The fourth-order valence-electron chi connectivity index (χ4n) is 5.59. The van der Waals surface area contributed by atoms with E-state index in [1.165, 1.54) is 114 Å². The quantitative estimate of drug-likeness (QED) is 0.211. The molecule has 0 aliphatic heterocycles. The fourth-order valence-corrected chi connectivity index (χ4v) is 5.59. The van der Waals surface area contributed by atoms with Crippen molar-refractivity contribution in [1.82, 2.24) is 4.98 Å². The molecule has 1 aromatic carbocycles. The molecule has 3 rings (SSSR count). The van der Waals surface area contributed by atoms with Crippen LogP contribution in [0.5, 0.6) is 5.75 Å². The lowest BCUT2D eigenvalue weighted by Crippen LogP contribution is -2.15. The molecule has 1 aromatic heterocycles. The predicted octanol–water partition coefficient (Wildman–Crippen LogP) is 10.2. The molecule has 2 heteroatoms. The first kappa shape index (κ1) is 27.8. The molecule has 0 bridgehead atoms. The van der Waals surface area contributed by atoms with Gasteiger partial charge in [-0.2, -0.15) is 0 Å². The van der Waals surface area contributed by atoms with Gasteiger partial charge in [-0.05, 0) is 48.8 Å². The molecule has 2 nitrogen and oxygen atoms in total. The first-order chi connectivity index (χ1) is 17.3. The van der Waals surface area contributed by atoms with Gasteiger partial charge in [0.2, 0.25) is 0 Å². The van der Waals surface area contributed by atoms with Gasteiger partial charge < -0.3 is 4.74 Å². The Kier molecular flexibility index (Phi) is 13.3. The van der Waals surface area contributed by atoms with Crippen LogP contribution in [0.2, 0.25) is 0 Å². The highest BCUT2D eigenvalue weighted by molar-refractivity contribution is 5.59. The van der Waals surface area contributed by atoms with E-state index in [1.54, 1.807) is 0 Å². The van der Waals surface area contributed by atoms with Crippen LogP contribution in [-0.2, 0) is 6.42 Å². The van der Waals surface area contributed by atoms with Crippen molar-refractivity contribution in [2.45, 2.75) is 123 Å². The lowest BCUT2D eigenvalue weighted by atomic mass is 9.77. The monoisotopic (exact) mass is 477 g/mol. The third-order valence-corrected chi connectivity index (χ3v) is 8.03. The number of hydrogen-bond acceptors (Lipinski definition) is 2. The van der Waals surface area contributed by atoms with E-state index in [-0.39, 0.29) is 0 Å². The van der Waals surface area contributed by atoms with Crippen LogP contribution in [0.25, 0.3) is 11.3 Å². The largest absolute Gasteiger partial charge is 0.492 e. The van der Waals surface area contributed by atoms with Crippen molar-refractivity contribution < 1.29 is 4.74 Å². The zero-order chi connectivity index (χ0) is 24.6. The Balaban J connectivity index is 1.32. The standard InChI is InChI=1S/C33H51NO/c1-3-5-7-9-11-13-28-14-16-29(17-15-28)18-19-30-20-22-31(23-21-30)33-25-24-32(27-34-33)35-26-12-10-8-6-4-2/h20-25,27-29H,3-19,26H2,1-2H3/t28-,29-. The lowest BCUT2D eigenvalue weighted by molar-refractivity contribution is 0.248. The summed E-state index contributed by atoms with van der Waals surface area (Å²) in [6.45, 7) is 5.35. The number of benzene rings is 1. The Hall–Kier alpha value is -1.83. The molecule has 0 atom stereocenters. The molecule has 1 heterocycles. The Labute approximate surface area is 216 Å². The summed E-state index contributed by atoms with van der Waals surface area (Å²) < 4.78 is 5.86. The lowest BCUT2D eigenvalue weighted by Gasteiger charge is -2.28. The number of ether oxygens (including phenoxy) is 1. The van der Waals surface area contributed by atoms with E-state index in [9.17, 15) is 0 Å². The van der Waals surface area contributed by atoms with Crippen molar-refractivity contribution in [2.75, 3.05) is 6.61 Å². The molecule has 0 saturated heterocycles. The SMILES string of the molecule is CCCCCCCOc1ccc(-c2ccc(CC[C@H]3CC[C@H](CCCCCCC)CC3)cc2)nc1. The molecule has 35 heavy (non-hydrogen) atoms. The number of aryl methyl sites for hydroxylation is 1. The second kappa shape index (κ2) is 16.8. The van der Waals surface area contributed by atoms with E-state index < -0.39 is 0 Å². The average Bonchev–Trinajstić information content (AvgIpc) is 2.91. The molecule has 0 radical (unpaired) electrons. The summed E-state index contributed by atoms with van der Waals surface area (Å²) in [5.41, 5.74) is 3.69. The van der Waals surface area contributed by atoms with Gasteiger partial charge in [0, 0.05) is 5.56 Å². The Morgan fingerprint density at radius 1 is 0.686 bits per heavy atom. The van der Waals surface area contributed by atoms with E-state index in [1.807, 2.05) is 6.20 Å². The summed E-state index contributed by atoms with van der Waals surface area (Å²) in [6.07, 6.45) is 25.2. The molecular formula is C33H51NO. The van der Waals surface area contributed by atoms with Crippen LogP contribution < -0.4 is 4.74 Å². The normalized spacial score (nSPS) is 18.0. The number of aromatic nitrogens is 1. The van der Waals surface area contributed by atoms with Crippen LogP contribution in [0.3, 0.4) is 0 Å². The number of nitrogens with zero attached hydrogens (tertiary/aromatic N) is 1. The molecule has 0 amide bonds. The molecule has 2 aromatic rings. The van der Waals surface area contributed by atoms with Gasteiger partial charge in [-0.15, -0.1) is 0 Å². The summed E-state index contributed by atoms with van der Waals surface area (Å²) in [5.74, 6) is 2.83. The maximum Gasteiger partial charge on any atom is 0.137 e. The predicted molar refractivity (Wildman–Crippen MR) is 151 cm³/mol. The number of unbranched alkanes of at least 4 members (excludes halogenated alkanes) is 8.